The summed E-state index contributed by atoms with van der Waals surface area (Å²) in [5.74, 6) is 0.236. The molecule has 16 heavy (non-hydrogen) atoms. The van der Waals surface area contributed by atoms with Gasteiger partial charge in [-0.05, 0) is 57.3 Å². The Morgan fingerprint density at radius 2 is 1.62 bits per heavy atom. The van der Waals surface area contributed by atoms with Gasteiger partial charge in [0.1, 0.15) is 5.75 Å². The molecule has 0 unspecified atom stereocenters. The number of halogens is 6. The molecule has 0 saturated carbocycles. The fourth-order valence-corrected chi connectivity index (χ4v) is 3.51. The summed E-state index contributed by atoms with van der Waals surface area (Å²) in [6, 6.07) is 3.12. The van der Waals surface area contributed by atoms with E-state index in [-0.39, 0.29) is 57.1 Å². The second-order valence-electron chi connectivity index (χ2n) is 2.72. The maximum Gasteiger partial charge on any atom is 1.00 e. The molecule has 0 amide bonds. The van der Waals surface area contributed by atoms with Gasteiger partial charge < -0.3 is 17.7 Å². The van der Waals surface area contributed by atoms with E-state index < -0.39 is 13.5 Å². The molecular formula is C7H4BClF3I2KO. The Labute approximate surface area is 166 Å². The maximum absolute atomic E-state index is 12.0. The largest absolute Gasteiger partial charge is 1.00 e. The van der Waals surface area contributed by atoms with Gasteiger partial charge in [-0.15, -0.1) is 0 Å². The summed E-state index contributed by atoms with van der Waals surface area (Å²) < 4.78 is 41.8. The van der Waals surface area contributed by atoms with Gasteiger partial charge in [0.25, 0.3) is 0 Å². The fourth-order valence-electron chi connectivity index (χ4n) is 0.845. The third kappa shape index (κ3) is 6.43. The first kappa shape index (κ1) is 18.3. The van der Waals surface area contributed by atoms with E-state index in [4.69, 9.17) is 16.3 Å². The van der Waals surface area contributed by atoms with Crippen LogP contribution in [-0.2, 0) is 0 Å². The van der Waals surface area contributed by atoms with Gasteiger partial charge in [0.2, 0.25) is 0 Å². The second-order valence-corrected chi connectivity index (χ2v) is 5.48. The molecule has 84 valence electrons. The van der Waals surface area contributed by atoms with E-state index in [0.717, 1.165) is 0 Å². The number of hydrogen-bond acceptors (Lipinski definition) is 1. The molecule has 0 radical (unpaired) electrons. The SMILES string of the molecule is F[B-](F)(F)COc1c(I)cc(Cl)cc1I.[K+]. The van der Waals surface area contributed by atoms with Crippen LogP contribution in [0.5, 0.6) is 5.75 Å². The first-order valence-electron chi connectivity index (χ1n) is 3.78. The summed E-state index contributed by atoms with van der Waals surface area (Å²) in [6.07, 6.45) is 0. The van der Waals surface area contributed by atoms with Crippen molar-refractivity contribution in [2.24, 2.45) is 0 Å². The molecule has 1 rings (SSSR count). The molecule has 0 bridgehead atoms. The zero-order valence-corrected chi connectivity index (χ0v) is 16.3. The zero-order valence-electron chi connectivity index (χ0n) is 8.12. The maximum atomic E-state index is 12.0. The Kier molecular flexibility index (Phi) is 8.85. The number of hydrogen-bond donors (Lipinski definition) is 0. The minimum Gasteiger partial charge on any atom is -0.520 e. The molecule has 1 nitrogen and oxygen atoms in total. The molecule has 0 aliphatic heterocycles. The van der Waals surface area contributed by atoms with E-state index in [0.29, 0.717) is 12.2 Å². The average molecular weight is 500 g/mol. The van der Waals surface area contributed by atoms with E-state index in [1.54, 1.807) is 12.1 Å². The van der Waals surface area contributed by atoms with Gasteiger partial charge in [0.05, 0.1) is 13.6 Å². The molecule has 0 saturated heterocycles. The molecule has 0 aliphatic carbocycles. The first-order chi connectivity index (χ1) is 6.79. The van der Waals surface area contributed by atoms with Crippen LogP contribution in [0.2, 0.25) is 5.02 Å². The van der Waals surface area contributed by atoms with Gasteiger partial charge in [-0.3, -0.25) is 0 Å². The van der Waals surface area contributed by atoms with Crippen molar-refractivity contribution in [2.75, 3.05) is 6.51 Å². The van der Waals surface area contributed by atoms with Crippen LogP contribution >= 0.6 is 56.8 Å². The molecule has 0 fully saturated rings. The number of rotatable bonds is 3. The van der Waals surface area contributed by atoms with Gasteiger partial charge in [-0.2, -0.15) is 0 Å². The Balaban J connectivity index is 0.00000225. The summed E-state index contributed by atoms with van der Waals surface area (Å²) in [7, 11) is 0. The van der Waals surface area contributed by atoms with Crippen molar-refractivity contribution in [1.82, 2.24) is 0 Å². The second kappa shape index (κ2) is 7.75. The van der Waals surface area contributed by atoms with E-state index in [1.807, 2.05) is 45.2 Å². The van der Waals surface area contributed by atoms with Crippen LogP contribution in [-0.4, -0.2) is 13.5 Å². The molecule has 1 aromatic rings. The number of benzene rings is 1. The van der Waals surface area contributed by atoms with E-state index in [2.05, 4.69) is 0 Å². The topological polar surface area (TPSA) is 9.23 Å². The van der Waals surface area contributed by atoms with Crippen molar-refractivity contribution in [1.29, 1.82) is 0 Å². The first-order valence-corrected chi connectivity index (χ1v) is 6.31. The van der Waals surface area contributed by atoms with Crippen molar-refractivity contribution in [3.05, 3.63) is 24.3 Å². The van der Waals surface area contributed by atoms with Crippen molar-refractivity contribution in [3.8, 4) is 5.75 Å². The van der Waals surface area contributed by atoms with Crippen LogP contribution in [0.15, 0.2) is 12.1 Å². The van der Waals surface area contributed by atoms with E-state index in [1.165, 1.54) is 0 Å². The van der Waals surface area contributed by atoms with Gasteiger partial charge in [0.15, 0.2) is 0 Å². The number of ether oxygens (including phenoxy) is 1. The van der Waals surface area contributed by atoms with Crippen molar-refractivity contribution in [3.63, 3.8) is 0 Å². The van der Waals surface area contributed by atoms with Crippen molar-refractivity contribution < 1.29 is 69.1 Å². The molecular weight excluding hydrogens is 496 g/mol. The minimum absolute atomic E-state index is 0. The van der Waals surface area contributed by atoms with Gasteiger partial charge >= 0.3 is 58.4 Å². The average Bonchev–Trinajstić information content (AvgIpc) is 1.99. The Morgan fingerprint density at radius 3 is 2.00 bits per heavy atom. The minimum atomic E-state index is -4.93. The molecule has 0 spiro atoms. The smallest absolute Gasteiger partial charge is 0.520 e. The molecule has 0 heterocycles. The summed E-state index contributed by atoms with van der Waals surface area (Å²) in [5, 5.41) is 0.480. The predicted molar refractivity (Wildman–Crippen MR) is 71.5 cm³/mol. The molecule has 0 aromatic heterocycles. The molecule has 0 atom stereocenters. The quantitative estimate of drug-likeness (QED) is 0.450. The van der Waals surface area contributed by atoms with E-state index >= 15 is 0 Å². The fraction of sp³-hybridized carbons (Fsp3) is 0.143. The third-order valence-electron chi connectivity index (χ3n) is 1.38. The summed E-state index contributed by atoms with van der Waals surface area (Å²) in [5.41, 5.74) is 0. The third-order valence-corrected chi connectivity index (χ3v) is 3.20. The Hall–Kier alpha value is 2.26. The van der Waals surface area contributed by atoms with Crippen molar-refractivity contribution in [2.45, 2.75) is 0 Å². The van der Waals surface area contributed by atoms with Crippen LogP contribution in [0.1, 0.15) is 0 Å². The normalized spacial score (nSPS) is 10.9. The van der Waals surface area contributed by atoms with E-state index in [9.17, 15) is 12.9 Å². The Morgan fingerprint density at radius 1 is 1.19 bits per heavy atom. The van der Waals surface area contributed by atoms with Crippen LogP contribution in [0.3, 0.4) is 0 Å². The summed E-state index contributed by atoms with van der Waals surface area (Å²) >= 11 is 9.51. The van der Waals surface area contributed by atoms with Crippen LogP contribution in [0, 0.1) is 7.14 Å². The monoisotopic (exact) mass is 500 g/mol. The summed E-state index contributed by atoms with van der Waals surface area (Å²) in [4.78, 5) is 0. The van der Waals surface area contributed by atoms with Crippen LogP contribution < -0.4 is 56.1 Å². The van der Waals surface area contributed by atoms with Crippen molar-refractivity contribution >= 4 is 63.8 Å². The van der Waals surface area contributed by atoms with Crippen LogP contribution in [0.4, 0.5) is 12.9 Å². The molecule has 0 N–H and O–H groups in total. The summed E-state index contributed by atoms with van der Waals surface area (Å²) in [6.45, 7) is -6.16. The van der Waals surface area contributed by atoms with Gasteiger partial charge in [-0.25, -0.2) is 0 Å². The predicted octanol–water partition coefficient (Wildman–Crippen LogP) is 1.32. The Bertz CT molecular complexity index is 354. The molecule has 9 heteroatoms. The molecule has 0 aliphatic rings. The molecule has 1 aromatic carbocycles. The van der Waals surface area contributed by atoms with Gasteiger partial charge in [-0.1, -0.05) is 11.6 Å². The zero-order chi connectivity index (χ0) is 11.6. The van der Waals surface area contributed by atoms with Crippen LogP contribution in [0.25, 0.3) is 0 Å². The van der Waals surface area contributed by atoms with Gasteiger partial charge in [0, 0.05) is 5.02 Å². The standard InChI is InChI=1S/C7H4BClF3I2O.K/c9-4-1-5(13)7(6(14)2-4)15-3-8(10,11)12;/h1-2H,3H2;/q-1;+1.